The van der Waals surface area contributed by atoms with Crippen molar-refractivity contribution in [3.63, 3.8) is 0 Å². The van der Waals surface area contributed by atoms with Gasteiger partial charge in [-0.05, 0) is 67.1 Å². The van der Waals surface area contributed by atoms with Crippen LogP contribution in [0.25, 0.3) is 0 Å². The Morgan fingerprint density at radius 3 is 2.19 bits per heavy atom. The summed E-state index contributed by atoms with van der Waals surface area (Å²) in [5.41, 5.74) is 14.8. The van der Waals surface area contributed by atoms with Crippen LogP contribution >= 0.6 is 11.8 Å². The van der Waals surface area contributed by atoms with Crippen molar-refractivity contribution in [2.24, 2.45) is 0 Å². The summed E-state index contributed by atoms with van der Waals surface area (Å²) in [4.78, 5) is 1.36. The lowest BCUT2D eigenvalue weighted by Crippen LogP contribution is -1.91. The molecule has 0 amide bonds. The summed E-state index contributed by atoms with van der Waals surface area (Å²) in [6.07, 6.45) is 1.23. The Labute approximate surface area is 132 Å². The number of nitrogen functional groups attached to an aromatic ring is 2. The lowest BCUT2D eigenvalue weighted by Gasteiger charge is -2.01. The van der Waals surface area contributed by atoms with E-state index in [1.165, 1.54) is 22.8 Å². The van der Waals surface area contributed by atoms with Gasteiger partial charge in [0.15, 0.2) is 0 Å². The molecule has 2 aromatic rings. The van der Waals surface area contributed by atoms with Crippen molar-refractivity contribution in [2.75, 3.05) is 29.6 Å². The molecule has 0 saturated carbocycles. The molecule has 0 unspecified atom stereocenters. The Hall–Kier alpha value is -1.81. The second kappa shape index (κ2) is 9.19. The molecule has 0 bridgehead atoms. The summed E-state index contributed by atoms with van der Waals surface area (Å²) >= 11 is 1.91. The Bertz CT molecular complexity index is 538. The fraction of sp³-hybridized carbons (Fsp3) is 0.294. The maximum absolute atomic E-state index is 5.53. The van der Waals surface area contributed by atoms with E-state index in [1.807, 2.05) is 37.9 Å². The molecule has 2 aromatic carbocycles. The van der Waals surface area contributed by atoms with Crippen LogP contribution in [0, 0.1) is 6.92 Å². The van der Waals surface area contributed by atoms with Gasteiger partial charge in [0.2, 0.25) is 0 Å². The average molecular weight is 303 g/mol. The van der Waals surface area contributed by atoms with E-state index in [4.69, 9.17) is 11.5 Å². The highest BCUT2D eigenvalue weighted by Crippen LogP contribution is 2.20. The molecular formula is C17H25N3S. The highest BCUT2D eigenvalue weighted by Gasteiger charge is 1.92. The highest BCUT2D eigenvalue weighted by atomic mass is 32.2. The van der Waals surface area contributed by atoms with Crippen LogP contribution in [0.1, 0.15) is 18.9 Å². The fourth-order valence-corrected chi connectivity index (χ4v) is 2.40. The van der Waals surface area contributed by atoms with E-state index < -0.39 is 0 Å². The van der Waals surface area contributed by atoms with Crippen LogP contribution in [0.3, 0.4) is 0 Å². The van der Waals surface area contributed by atoms with Crippen LogP contribution in [0.5, 0.6) is 0 Å². The summed E-state index contributed by atoms with van der Waals surface area (Å²) in [6.45, 7) is 4.14. The zero-order valence-corrected chi connectivity index (χ0v) is 13.8. The molecule has 0 aromatic heterocycles. The molecule has 114 valence electrons. The average Bonchev–Trinajstić information content (AvgIpc) is 2.50. The molecule has 0 aliphatic carbocycles. The number of hydrogen-bond acceptors (Lipinski definition) is 4. The maximum atomic E-state index is 5.53. The second-order valence-corrected chi connectivity index (χ2v) is 5.91. The van der Waals surface area contributed by atoms with Gasteiger partial charge in [-0.15, -0.1) is 11.8 Å². The van der Waals surface area contributed by atoms with Crippen LogP contribution < -0.4 is 16.8 Å². The number of anilines is 3. The van der Waals surface area contributed by atoms with Crippen LogP contribution in [-0.4, -0.2) is 12.8 Å². The first-order valence-corrected chi connectivity index (χ1v) is 8.07. The highest BCUT2D eigenvalue weighted by molar-refractivity contribution is 7.99. The van der Waals surface area contributed by atoms with E-state index in [2.05, 4.69) is 36.5 Å². The van der Waals surface area contributed by atoms with E-state index in [9.17, 15) is 0 Å². The van der Waals surface area contributed by atoms with Crippen molar-refractivity contribution in [3.8, 4) is 0 Å². The van der Waals surface area contributed by atoms with Crippen LogP contribution in [-0.2, 0) is 0 Å². The Kier molecular flexibility index (Phi) is 7.54. The molecule has 3 nitrogen and oxygen atoms in total. The molecule has 0 aliphatic rings. The van der Waals surface area contributed by atoms with Crippen molar-refractivity contribution < 1.29 is 0 Å². The van der Waals surface area contributed by atoms with Gasteiger partial charge in [0.25, 0.3) is 0 Å². The lowest BCUT2D eigenvalue weighted by molar-refractivity contribution is 1.10. The van der Waals surface area contributed by atoms with E-state index >= 15 is 0 Å². The zero-order chi connectivity index (χ0) is 15.7. The van der Waals surface area contributed by atoms with Gasteiger partial charge in [0.05, 0.1) is 0 Å². The molecule has 0 fully saturated rings. The van der Waals surface area contributed by atoms with E-state index in [-0.39, 0.29) is 0 Å². The molecule has 21 heavy (non-hydrogen) atoms. The van der Waals surface area contributed by atoms with Crippen molar-refractivity contribution in [1.82, 2.24) is 0 Å². The van der Waals surface area contributed by atoms with Crippen LogP contribution in [0.4, 0.5) is 17.1 Å². The minimum atomic E-state index is 0.765. The number of rotatable bonds is 4. The van der Waals surface area contributed by atoms with Gasteiger partial charge in [-0.25, -0.2) is 0 Å². The smallest absolute Gasteiger partial charge is 0.0345 e. The summed E-state index contributed by atoms with van der Waals surface area (Å²) in [6, 6.07) is 14.0. The van der Waals surface area contributed by atoms with Gasteiger partial charge in [-0.3, -0.25) is 0 Å². The monoisotopic (exact) mass is 303 g/mol. The normalized spacial score (nSPS) is 9.67. The molecule has 0 spiro atoms. The summed E-state index contributed by atoms with van der Waals surface area (Å²) in [5.74, 6) is 1.21. The summed E-state index contributed by atoms with van der Waals surface area (Å²) in [5, 5.41) is 3.10. The Morgan fingerprint density at radius 2 is 1.71 bits per heavy atom. The molecule has 0 atom stereocenters. The first kappa shape index (κ1) is 17.2. The van der Waals surface area contributed by atoms with Gasteiger partial charge < -0.3 is 16.8 Å². The molecule has 0 radical (unpaired) electrons. The number of nitrogens with one attached hydrogen (secondary N) is 1. The minimum absolute atomic E-state index is 0.765. The van der Waals surface area contributed by atoms with Gasteiger partial charge in [0, 0.05) is 29.0 Å². The maximum Gasteiger partial charge on any atom is 0.0345 e. The standard InChI is InChI=1S/C10H15NS.C7H10N2/c1-3-8-12-10-6-4-9(11-2)5-7-10;1-5-4-6(8)2-3-7(5)9/h4-7,11H,3,8H2,1-2H3;2-4H,8-9H2,1H3. The third-order valence-electron chi connectivity index (χ3n) is 2.91. The number of aryl methyl sites for hydroxylation is 1. The minimum Gasteiger partial charge on any atom is -0.399 e. The predicted octanol–water partition coefficient (Wildman–Crippen LogP) is 4.39. The van der Waals surface area contributed by atoms with E-state index in [0.717, 1.165) is 16.9 Å². The molecule has 0 heterocycles. The fourth-order valence-electron chi connectivity index (χ4n) is 1.64. The Morgan fingerprint density at radius 1 is 1.05 bits per heavy atom. The van der Waals surface area contributed by atoms with Crippen molar-refractivity contribution >= 4 is 28.8 Å². The van der Waals surface area contributed by atoms with Crippen molar-refractivity contribution in [2.45, 2.75) is 25.2 Å². The molecule has 0 saturated heterocycles. The van der Waals surface area contributed by atoms with Crippen molar-refractivity contribution in [1.29, 1.82) is 0 Å². The van der Waals surface area contributed by atoms with Gasteiger partial charge >= 0.3 is 0 Å². The van der Waals surface area contributed by atoms with Crippen LogP contribution in [0.2, 0.25) is 0 Å². The largest absolute Gasteiger partial charge is 0.399 e. The topological polar surface area (TPSA) is 64.1 Å². The van der Waals surface area contributed by atoms with Gasteiger partial charge in [-0.2, -0.15) is 0 Å². The van der Waals surface area contributed by atoms with E-state index in [1.54, 1.807) is 6.07 Å². The van der Waals surface area contributed by atoms with Gasteiger partial charge in [-0.1, -0.05) is 6.92 Å². The quantitative estimate of drug-likeness (QED) is 0.579. The zero-order valence-electron chi connectivity index (χ0n) is 13.0. The summed E-state index contributed by atoms with van der Waals surface area (Å²) < 4.78 is 0. The lowest BCUT2D eigenvalue weighted by atomic mass is 10.2. The molecule has 0 aliphatic heterocycles. The first-order chi connectivity index (χ1) is 10.1. The molecular weight excluding hydrogens is 278 g/mol. The third-order valence-corrected chi connectivity index (χ3v) is 4.13. The van der Waals surface area contributed by atoms with Crippen molar-refractivity contribution in [3.05, 3.63) is 48.0 Å². The molecule has 2 rings (SSSR count). The number of hydrogen-bond donors (Lipinski definition) is 3. The number of nitrogens with two attached hydrogens (primary N) is 2. The number of thioether (sulfide) groups is 1. The van der Waals surface area contributed by atoms with Gasteiger partial charge in [0.1, 0.15) is 0 Å². The SMILES string of the molecule is CCCSc1ccc(NC)cc1.Cc1cc(N)ccc1N. The Balaban J connectivity index is 0.000000219. The molecule has 4 heteroatoms. The third kappa shape index (κ3) is 6.45. The number of benzene rings is 2. The molecule has 5 N–H and O–H groups in total. The van der Waals surface area contributed by atoms with E-state index in [0.29, 0.717) is 0 Å². The van der Waals surface area contributed by atoms with Crippen LogP contribution in [0.15, 0.2) is 47.4 Å². The second-order valence-electron chi connectivity index (χ2n) is 4.74. The summed E-state index contributed by atoms with van der Waals surface area (Å²) in [7, 11) is 1.94. The predicted molar refractivity (Wildman–Crippen MR) is 97.0 cm³/mol. The first-order valence-electron chi connectivity index (χ1n) is 7.09.